The van der Waals surface area contributed by atoms with Crippen LogP contribution in [0.5, 0.6) is 0 Å². The van der Waals surface area contributed by atoms with Gasteiger partial charge in [-0.3, -0.25) is 33.6 Å². The number of carbonyl (C=O) groups is 7. The number of ether oxygens (including phenoxy) is 10. The zero-order chi connectivity index (χ0) is 37.1. The van der Waals surface area contributed by atoms with Crippen LogP contribution in [-0.2, 0) is 80.9 Å². The number of hydrogen-bond donors (Lipinski definition) is 0. The Bertz CT molecular complexity index is 1390. The quantitative estimate of drug-likeness (QED) is 0.207. The molecule has 0 spiro atoms. The van der Waals surface area contributed by atoms with E-state index in [1.165, 1.54) is 0 Å². The summed E-state index contributed by atoms with van der Waals surface area (Å²) < 4.78 is 56.8. The van der Waals surface area contributed by atoms with Crippen molar-refractivity contribution in [3.8, 4) is 0 Å². The summed E-state index contributed by atoms with van der Waals surface area (Å²) in [6.07, 6.45) is -13.4. The molecule has 0 bridgehead atoms. The van der Waals surface area contributed by atoms with E-state index in [4.69, 9.17) is 47.4 Å². The molecule has 0 aromatic heterocycles. The Morgan fingerprint density at radius 2 is 0.940 bits per heavy atom. The second-order valence-electron chi connectivity index (χ2n) is 11.1. The van der Waals surface area contributed by atoms with E-state index < -0.39 is 116 Å². The smallest absolute Gasteiger partial charge is 0.303 e. The lowest BCUT2D eigenvalue weighted by Crippen LogP contribution is -2.66. The van der Waals surface area contributed by atoms with Gasteiger partial charge in [0, 0.05) is 53.4 Å². The van der Waals surface area contributed by atoms with Gasteiger partial charge in [-0.1, -0.05) is 30.0 Å². The molecule has 276 valence electrons. The van der Waals surface area contributed by atoms with E-state index in [9.17, 15) is 33.6 Å². The minimum Gasteiger partial charge on any atom is -0.463 e. The maximum absolute atomic E-state index is 12.5. The molecular weight excluding hydrogens is 688 g/mol. The molecule has 2 heterocycles. The van der Waals surface area contributed by atoms with E-state index >= 15 is 0 Å². The number of carbonyl (C=O) groups excluding carboxylic acids is 7. The maximum Gasteiger partial charge on any atom is 0.303 e. The molecule has 0 radical (unpaired) electrons. The molecule has 0 unspecified atom stereocenters. The van der Waals surface area contributed by atoms with Crippen molar-refractivity contribution in [2.24, 2.45) is 0 Å². The summed E-state index contributed by atoms with van der Waals surface area (Å²) in [7, 11) is 0. The summed E-state index contributed by atoms with van der Waals surface area (Å²) in [5.41, 5.74) is -1.05. The molecule has 50 heavy (non-hydrogen) atoms. The summed E-state index contributed by atoms with van der Waals surface area (Å²) in [6.45, 7) is 6.66. The molecule has 10 atom stereocenters. The Kier molecular flexibility index (Phi) is 15.0. The van der Waals surface area contributed by atoms with Crippen LogP contribution in [-0.4, -0.2) is 116 Å². The Balaban J connectivity index is 2.16. The third-order valence-corrected chi connectivity index (χ3v) is 8.04. The molecule has 1 aromatic rings. The number of rotatable bonds is 13. The third-order valence-electron chi connectivity index (χ3n) is 6.88. The van der Waals surface area contributed by atoms with Gasteiger partial charge in [0.1, 0.15) is 37.0 Å². The highest BCUT2D eigenvalue weighted by Crippen LogP contribution is 2.39. The zero-order valence-electron chi connectivity index (χ0n) is 28.4. The van der Waals surface area contributed by atoms with Crippen LogP contribution in [0, 0.1) is 0 Å². The van der Waals surface area contributed by atoms with Gasteiger partial charge in [0.25, 0.3) is 0 Å². The van der Waals surface area contributed by atoms with Crippen LogP contribution < -0.4 is 0 Å². The predicted octanol–water partition coefficient (Wildman–Crippen LogP) is 1.40. The molecular formula is C32H40O17S. The highest BCUT2D eigenvalue weighted by Gasteiger charge is 2.57. The molecule has 0 amide bonds. The lowest BCUT2D eigenvalue weighted by atomic mass is 9.96. The minimum atomic E-state index is -1.75. The van der Waals surface area contributed by atoms with Gasteiger partial charge in [-0.15, -0.1) is 0 Å². The van der Waals surface area contributed by atoms with Crippen LogP contribution in [0.15, 0.2) is 35.2 Å². The normalized spacial score (nSPS) is 29.0. The minimum absolute atomic E-state index is 0.471. The number of benzene rings is 1. The summed E-state index contributed by atoms with van der Waals surface area (Å²) in [6, 6.07) is 8.85. The standard InChI is InChI=1S/C32H40O17S/c1-15(33)40-13-23-25(42-17(3)35)27(43-18(4)36)29(45-20(6)38)31(47-23)49-26-24(14-41-16(2)34)48-32(50-22-11-9-8-10-12-22)30(46-21(7)39)28(26)44-19(5)37/h8-12,23-32H,13-14H2,1-7H3/t23-,24+,25+,26+,27-,28-,29+,30+,31+,32-/m0/s1. The summed E-state index contributed by atoms with van der Waals surface area (Å²) in [4.78, 5) is 86.2. The second kappa shape index (κ2) is 18.7. The predicted molar refractivity (Wildman–Crippen MR) is 166 cm³/mol. The van der Waals surface area contributed by atoms with Crippen LogP contribution in [0.1, 0.15) is 48.5 Å². The highest BCUT2D eigenvalue weighted by molar-refractivity contribution is 7.99. The molecule has 2 aliphatic heterocycles. The maximum atomic E-state index is 12.5. The Morgan fingerprint density at radius 3 is 1.42 bits per heavy atom. The number of hydrogen-bond acceptors (Lipinski definition) is 18. The van der Waals surface area contributed by atoms with Crippen molar-refractivity contribution in [3.05, 3.63) is 30.3 Å². The topological polar surface area (TPSA) is 212 Å². The second-order valence-corrected chi connectivity index (χ2v) is 12.3. The molecule has 2 aliphatic rings. The van der Waals surface area contributed by atoms with Gasteiger partial charge >= 0.3 is 41.8 Å². The van der Waals surface area contributed by atoms with Crippen molar-refractivity contribution in [2.75, 3.05) is 13.2 Å². The van der Waals surface area contributed by atoms with Gasteiger partial charge in [0.05, 0.1) is 0 Å². The van der Waals surface area contributed by atoms with Crippen molar-refractivity contribution >= 4 is 53.5 Å². The largest absolute Gasteiger partial charge is 0.463 e. The number of esters is 7. The van der Waals surface area contributed by atoms with Crippen molar-refractivity contribution in [1.29, 1.82) is 0 Å². The van der Waals surface area contributed by atoms with Crippen molar-refractivity contribution in [1.82, 2.24) is 0 Å². The van der Waals surface area contributed by atoms with E-state index in [1.807, 2.05) is 0 Å². The lowest BCUT2D eigenvalue weighted by Gasteiger charge is -2.48. The third kappa shape index (κ3) is 12.0. The Hall–Kier alpha value is -4.26. The van der Waals surface area contributed by atoms with E-state index in [0.29, 0.717) is 4.90 Å². The van der Waals surface area contributed by atoms with E-state index in [0.717, 1.165) is 60.2 Å². The van der Waals surface area contributed by atoms with Crippen molar-refractivity contribution < 1.29 is 80.9 Å². The lowest BCUT2D eigenvalue weighted by molar-refractivity contribution is -0.341. The van der Waals surface area contributed by atoms with Gasteiger partial charge in [-0.2, -0.15) is 0 Å². The molecule has 0 saturated carbocycles. The molecule has 1 aromatic carbocycles. The highest BCUT2D eigenvalue weighted by atomic mass is 32.2. The Morgan fingerprint density at radius 1 is 0.520 bits per heavy atom. The Labute approximate surface area is 291 Å². The first kappa shape index (κ1) is 40.2. The fourth-order valence-corrected chi connectivity index (χ4v) is 6.33. The molecule has 2 saturated heterocycles. The van der Waals surface area contributed by atoms with Crippen LogP contribution in [0.2, 0.25) is 0 Å². The summed E-state index contributed by atoms with van der Waals surface area (Å²) in [5.74, 6) is -5.63. The molecule has 3 rings (SSSR count). The van der Waals surface area contributed by atoms with E-state index in [1.54, 1.807) is 30.3 Å². The molecule has 0 aliphatic carbocycles. The summed E-state index contributed by atoms with van der Waals surface area (Å²) in [5, 5.41) is 0. The summed E-state index contributed by atoms with van der Waals surface area (Å²) >= 11 is 1.12. The fourth-order valence-electron chi connectivity index (χ4n) is 5.20. The molecule has 2 fully saturated rings. The average Bonchev–Trinajstić information content (AvgIpc) is 3.00. The zero-order valence-corrected chi connectivity index (χ0v) is 29.2. The van der Waals surface area contributed by atoms with Crippen LogP contribution in [0.25, 0.3) is 0 Å². The van der Waals surface area contributed by atoms with Crippen LogP contribution in [0.3, 0.4) is 0 Å². The molecule has 17 nitrogen and oxygen atoms in total. The van der Waals surface area contributed by atoms with Gasteiger partial charge in [-0.05, 0) is 12.1 Å². The molecule has 0 N–H and O–H groups in total. The van der Waals surface area contributed by atoms with Crippen molar-refractivity contribution in [3.63, 3.8) is 0 Å². The van der Waals surface area contributed by atoms with Crippen molar-refractivity contribution in [2.45, 2.75) is 114 Å². The van der Waals surface area contributed by atoms with Gasteiger partial charge in [0.2, 0.25) is 0 Å². The van der Waals surface area contributed by atoms with Crippen LogP contribution >= 0.6 is 11.8 Å². The molecule has 18 heteroatoms. The average molecular weight is 729 g/mol. The van der Waals surface area contributed by atoms with Gasteiger partial charge < -0.3 is 47.4 Å². The van der Waals surface area contributed by atoms with E-state index in [-0.39, 0.29) is 0 Å². The van der Waals surface area contributed by atoms with E-state index in [2.05, 4.69) is 0 Å². The van der Waals surface area contributed by atoms with Crippen LogP contribution in [0.4, 0.5) is 0 Å². The fraction of sp³-hybridized carbons (Fsp3) is 0.594. The first-order valence-corrected chi connectivity index (χ1v) is 16.2. The monoisotopic (exact) mass is 728 g/mol. The first-order valence-electron chi connectivity index (χ1n) is 15.4. The SMILES string of the molecule is CC(=O)OC[C@@H]1O[C@H](O[C@H]2[C@H](OC(C)=O)[C@@H](OC(C)=O)[C@H](Sc3ccccc3)O[C@@H]2COC(C)=O)[C@H](OC(C)=O)[C@@H](OC(C)=O)[C@@H]1OC(C)=O. The number of thioether (sulfide) groups is 1. The first-order chi connectivity index (χ1) is 23.5. The van der Waals surface area contributed by atoms with Gasteiger partial charge in [-0.25, -0.2) is 0 Å². The van der Waals surface area contributed by atoms with Gasteiger partial charge in [0.15, 0.2) is 36.8 Å².